The second-order valence-electron chi connectivity index (χ2n) is 3.59. The Balaban J connectivity index is 2.18. The van der Waals surface area contributed by atoms with Crippen molar-refractivity contribution in [3.8, 4) is 0 Å². The minimum Gasteiger partial charge on any atom is -0.358 e. The molecular formula is C11H7BrFN3O3. The van der Waals surface area contributed by atoms with E-state index in [1.807, 2.05) is 0 Å². The zero-order valence-corrected chi connectivity index (χ0v) is 10.9. The molecule has 0 saturated heterocycles. The van der Waals surface area contributed by atoms with E-state index in [0.29, 0.717) is 10.2 Å². The number of nitro groups is 1. The molecule has 1 aromatic carbocycles. The normalized spacial score (nSPS) is 10.2. The first-order valence-electron chi connectivity index (χ1n) is 5.07. The van der Waals surface area contributed by atoms with Gasteiger partial charge in [-0.25, -0.2) is 9.37 Å². The molecule has 0 atom stereocenters. The van der Waals surface area contributed by atoms with Crippen molar-refractivity contribution in [2.75, 3.05) is 5.32 Å². The molecule has 0 aliphatic heterocycles. The van der Waals surface area contributed by atoms with Crippen LogP contribution in [0.5, 0.6) is 0 Å². The van der Waals surface area contributed by atoms with E-state index in [-0.39, 0.29) is 11.5 Å². The quantitative estimate of drug-likeness (QED) is 0.670. The lowest BCUT2D eigenvalue weighted by Crippen LogP contribution is -2.12. The van der Waals surface area contributed by atoms with E-state index in [0.717, 1.165) is 0 Å². The summed E-state index contributed by atoms with van der Waals surface area (Å²) in [5.41, 5.74) is 0.409. The summed E-state index contributed by atoms with van der Waals surface area (Å²) >= 11 is 3.10. The van der Waals surface area contributed by atoms with E-state index in [1.54, 1.807) is 0 Å². The highest BCUT2D eigenvalue weighted by Gasteiger charge is 2.16. The number of hydrogen-bond acceptors (Lipinski definition) is 3. The molecule has 0 unspecified atom stereocenters. The van der Waals surface area contributed by atoms with Crippen LogP contribution in [0.4, 0.5) is 15.9 Å². The molecule has 0 aliphatic rings. The Morgan fingerprint density at radius 2 is 2.11 bits per heavy atom. The van der Waals surface area contributed by atoms with E-state index < -0.39 is 16.6 Å². The number of aromatic amines is 1. The molecule has 0 saturated carbocycles. The average molecular weight is 328 g/mol. The number of hydrogen-bond donors (Lipinski definition) is 2. The van der Waals surface area contributed by atoms with Gasteiger partial charge in [-0.05, 0) is 45.1 Å². The molecule has 19 heavy (non-hydrogen) atoms. The predicted molar refractivity (Wildman–Crippen MR) is 69.5 cm³/mol. The predicted octanol–water partition coefficient (Wildman–Crippen LogP) is 3.08. The molecule has 0 bridgehead atoms. The maximum absolute atomic E-state index is 12.9. The number of nitrogens with one attached hydrogen (secondary N) is 2. The summed E-state index contributed by atoms with van der Waals surface area (Å²) in [6.07, 6.45) is 0. The first-order valence-corrected chi connectivity index (χ1v) is 5.86. The van der Waals surface area contributed by atoms with Crippen LogP contribution in [0.25, 0.3) is 0 Å². The largest absolute Gasteiger partial charge is 0.358 e. The van der Waals surface area contributed by atoms with Gasteiger partial charge in [-0.15, -0.1) is 0 Å². The van der Waals surface area contributed by atoms with Crippen molar-refractivity contribution in [1.82, 2.24) is 4.98 Å². The van der Waals surface area contributed by atoms with Crippen LogP contribution < -0.4 is 5.32 Å². The van der Waals surface area contributed by atoms with E-state index in [1.165, 1.54) is 30.3 Å². The van der Waals surface area contributed by atoms with Crippen LogP contribution >= 0.6 is 15.9 Å². The lowest BCUT2D eigenvalue weighted by atomic mass is 10.3. The van der Waals surface area contributed by atoms with E-state index in [4.69, 9.17) is 0 Å². The Morgan fingerprint density at radius 3 is 2.68 bits per heavy atom. The zero-order valence-electron chi connectivity index (χ0n) is 9.31. The number of aromatic nitrogens is 1. The van der Waals surface area contributed by atoms with Crippen LogP contribution in [0, 0.1) is 15.9 Å². The molecule has 6 nitrogen and oxygen atoms in total. The lowest BCUT2D eigenvalue weighted by molar-refractivity contribution is -0.389. The number of rotatable bonds is 3. The zero-order chi connectivity index (χ0) is 14.0. The van der Waals surface area contributed by atoms with Gasteiger partial charge in [0, 0.05) is 10.5 Å². The number of benzene rings is 1. The molecule has 0 aliphatic carbocycles. The Hall–Kier alpha value is -2.22. The van der Waals surface area contributed by atoms with Crippen molar-refractivity contribution < 1.29 is 14.1 Å². The third kappa shape index (κ3) is 2.97. The number of H-pyrrole nitrogens is 1. The summed E-state index contributed by atoms with van der Waals surface area (Å²) in [4.78, 5) is 24.0. The Bertz CT molecular complexity index is 656. The van der Waals surface area contributed by atoms with Gasteiger partial charge >= 0.3 is 5.82 Å². The number of anilines is 1. The smallest absolute Gasteiger partial charge is 0.321 e. The maximum Gasteiger partial charge on any atom is 0.321 e. The SMILES string of the molecule is O=C(Nc1ccc(F)cc1Br)c1ccc([N+](=O)[O-])[nH]1. The van der Waals surface area contributed by atoms with Crippen LogP contribution in [0.3, 0.4) is 0 Å². The van der Waals surface area contributed by atoms with E-state index in [9.17, 15) is 19.3 Å². The van der Waals surface area contributed by atoms with Crippen molar-refractivity contribution >= 4 is 33.3 Å². The molecule has 2 rings (SSSR count). The molecule has 98 valence electrons. The fourth-order valence-corrected chi connectivity index (χ4v) is 1.85. The summed E-state index contributed by atoms with van der Waals surface area (Å²) < 4.78 is 13.3. The van der Waals surface area contributed by atoms with Crippen LogP contribution in [-0.4, -0.2) is 15.8 Å². The highest BCUT2D eigenvalue weighted by Crippen LogP contribution is 2.23. The van der Waals surface area contributed by atoms with Crippen LogP contribution in [0.1, 0.15) is 10.5 Å². The Morgan fingerprint density at radius 1 is 1.37 bits per heavy atom. The number of nitrogens with zero attached hydrogens (tertiary/aromatic N) is 1. The standard InChI is InChI=1S/C11H7BrFN3O3/c12-7-5-6(13)1-2-8(7)15-11(17)9-3-4-10(14-9)16(18)19/h1-5,14H,(H,15,17). The summed E-state index contributed by atoms with van der Waals surface area (Å²) in [6.45, 7) is 0. The first kappa shape index (κ1) is 13.2. The molecule has 1 heterocycles. The molecule has 2 aromatic rings. The first-order chi connectivity index (χ1) is 8.97. The van der Waals surface area contributed by atoms with Gasteiger partial charge in [-0.3, -0.25) is 4.79 Å². The number of carbonyl (C=O) groups is 1. The van der Waals surface area contributed by atoms with Gasteiger partial charge in [0.15, 0.2) is 5.69 Å². The third-order valence-corrected chi connectivity index (χ3v) is 2.95. The Kier molecular flexibility index (Phi) is 3.61. The summed E-state index contributed by atoms with van der Waals surface area (Å²) in [7, 11) is 0. The summed E-state index contributed by atoms with van der Waals surface area (Å²) in [5, 5.41) is 13.0. The molecular weight excluding hydrogens is 321 g/mol. The fraction of sp³-hybridized carbons (Fsp3) is 0. The summed E-state index contributed by atoms with van der Waals surface area (Å²) in [6, 6.07) is 6.26. The third-order valence-electron chi connectivity index (χ3n) is 2.29. The van der Waals surface area contributed by atoms with Gasteiger partial charge in [-0.2, -0.15) is 0 Å². The minimum absolute atomic E-state index is 0.0444. The van der Waals surface area contributed by atoms with Crippen molar-refractivity contribution in [3.05, 3.63) is 56.4 Å². The molecule has 2 N–H and O–H groups in total. The minimum atomic E-state index is -0.634. The Labute approximate surface area is 114 Å². The molecule has 0 radical (unpaired) electrons. The van der Waals surface area contributed by atoms with Crippen LogP contribution in [-0.2, 0) is 0 Å². The summed E-state index contributed by atoms with van der Waals surface area (Å²) in [5.74, 6) is -1.27. The monoisotopic (exact) mass is 327 g/mol. The van der Waals surface area contributed by atoms with E-state index >= 15 is 0 Å². The van der Waals surface area contributed by atoms with Crippen molar-refractivity contribution in [3.63, 3.8) is 0 Å². The second-order valence-corrected chi connectivity index (χ2v) is 4.45. The molecule has 1 aromatic heterocycles. The lowest BCUT2D eigenvalue weighted by Gasteiger charge is -2.05. The molecule has 1 amide bonds. The van der Waals surface area contributed by atoms with Gasteiger partial charge in [0.1, 0.15) is 5.82 Å². The van der Waals surface area contributed by atoms with Crippen LogP contribution in [0.2, 0.25) is 0 Å². The number of carbonyl (C=O) groups excluding carboxylic acids is 1. The van der Waals surface area contributed by atoms with Crippen molar-refractivity contribution in [2.45, 2.75) is 0 Å². The second kappa shape index (κ2) is 5.19. The fourth-order valence-electron chi connectivity index (χ4n) is 1.40. The van der Waals surface area contributed by atoms with Gasteiger partial charge < -0.3 is 15.4 Å². The highest BCUT2D eigenvalue weighted by molar-refractivity contribution is 9.10. The van der Waals surface area contributed by atoms with Crippen LogP contribution in [0.15, 0.2) is 34.8 Å². The number of halogens is 2. The van der Waals surface area contributed by atoms with E-state index in [2.05, 4.69) is 26.2 Å². The topological polar surface area (TPSA) is 88.0 Å². The van der Waals surface area contributed by atoms with Gasteiger partial charge in [0.25, 0.3) is 5.91 Å². The molecule has 8 heteroatoms. The molecule has 0 fully saturated rings. The highest BCUT2D eigenvalue weighted by atomic mass is 79.9. The number of amides is 1. The van der Waals surface area contributed by atoms with Gasteiger partial charge in [-0.1, -0.05) is 0 Å². The molecule has 0 spiro atoms. The van der Waals surface area contributed by atoms with Gasteiger partial charge in [0.05, 0.1) is 5.69 Å². The van der Waals surface area contributed by atoms with Gasteiger partial charge in [0.2, 0.25) is 0 Å². The maximum atomic E-state index is 12.9. The van der Waals surface area contributed by atoms with Crippen molar-refractivity contribution in [2.24, 2.45) is 0 Å². The van der Waals surface area contributed by atoms with Crippen molar-refractivity contribution in [1.29, 1.82) is 0 Å². The average Bonchev–Trinajstić information content (AvgIpc) is 2.82.